The average Bonchev–Trinajstić information content (AvgIpc) is 2.72. The van der Waals surface area contributed by atoms with Crippen LogP contribution in [0.5, 0.6) is 0 Å². The molecule has 1 fully saturated rings. The molecule has 1 heterocycles. The average molecular weight is 268 g/mol. The van der Waals surface area contributed by atoms with Crippen molar-refractivity contribution in [2.75, 3.05) is 18.1 Å². The normalized spacial score (nSPS) is 19.6. The summed E-state index contributed by atoms with van der Waals surface area (Å²) in [7, 11) is -3.24. The molecule has 2 N–H and O–H groups in total. The van der Waals surface area contributed by atoms with Crippen LogP contribution >= 0.6 is 0 Å². The Bertz CT molecular complexity index is 554. The zero-order chi connectivity index (χ0) is 13.2. The van der Waals surface area contributed by atoms with E-state index in [-0.39, 0.29) is 16.8 Å². The summed E-state index contributed by atoms with van der Waals surface area (Å²) in [6, 6.07) is 6.85. The molecule has 1 aliphatic rings. The van der Waals surface area contributed by atoms with Crippen molar-refractivity contribution in [3.63, 3.8) is 0 Å². The van der Waals surface area contributed by atoms with Crippen LogP contribution < -0.4 is 10.6 Å². The molecule has 1 aromatic rings. The van der Waals surface area contributed by atoms with E-state index in [2.05, 4.69) is 10.6 Å². The first kappa shape index (κ1) is 12.9. The van der Waals surface area contributed by atoms with Crippen molar-refractivity contribution in [1.29, 1.82) is 0 Å². The fraction of sp³-hybridized carbons (Fsp3) is 0.417. The fourth-order valence-corrected chi connectivity index (χ4v) is 2.87. The Labute approximate surface area is 107 Å². The molecule has 0 aromatic heterocycles. The molecule has 0 spiro atoms. The number of sulfone groups is 1. The first-order valence-electron chi connectivity index (χ1n) is 5.79. The number of amides is 1. The van der Waals surface area contributed by atoms with Gasteiger partial charge in [0.1, 0.15) is 0 Å². The van der Waals surface area contributed by atoms with Crippen LogP contribution in [-0.2, 0) is 14.6 Å². The number of carbonyl (C=O) groups excluding carboxylic acids is 1. The molecule has 2 rings (SSSR count). The van der Waals surface area contributed by atoms with E-state index in [4.69, 9.17) is 0 Å². The van der Waals surface area contributed by atoms with E-state index in [1.807, 2.05) is 0 Å². The molecule has 1 saturated heterocycles. The Morgan fingerprint density at radius 3 is 2.72 bits per heavy atom. The van der Waals surface area contributed by atoms with Gasteiger partial charge in [0.25, 0.3) is 0 Å². The Hall–Kier alpha value is -1.56. The monoisotopic (exact) mass is 268 g/mol. The van der Waals surface area contributed by atoms with Crippen LogP contribution in [0.15, 0.2) is 29.2 Å². The first-order valence-corrected chi connectivity index (χ1v) is 7.68. The van der Waals surface area contributed by atoms with E-state index in [1.165, 1.54) is 6.26 Å². The second kappa shape index (κ2) is 4.97. The zero-order valence-electron chi connectivity index (χ0n) is 10.1. The van der Waals surface area contributed by atoms with E-state index in [0.29, 0.717) is 18.7 Å². The highest BCUT2D eigenvalue weighted by Crippen LogP contribution is 2.20. The highest BCUT2D eigenvalue weighted by Gasteiger charge is 2.21. The highest BCUT2D eigenvalue weighted by molar-refractivity contribution is 7.90. The maximum absolute atomic E-state index is 11.6. The highest BCUT2D eigenvalue weighted by atomic mass is 32.2. The summed E-state index contributed by atoms with van der Waals surface area (Å²) in [5.41, 5.74) is 0.584. The molecule has 1 aliphatic heterocycles. The number of benzene rings is 1. The van der Waals surface area contributed by atoms with Gasteiger partial charge in [-0.2, -0.15) is 0 Å². The molecule has 5 nitrogen and oxygen atoms in total. The quantitative estimate of drug-likeness (QED) is 0.846. The first-order chi connectivity index (χ1) is 8.47. The molecule has 0 bridgehead atoms. The maximum Gasteiger partial charge on any atom is 0.220 e. The second-order valence-corrected chi connectivity index (χ2v) is 6.44. The topological polar surface area (TPSA) is 75.3 Å². The summed E-state index contributed by atoms with van der Waals surface area (Å²) in [6.07, 6.45) is 2.51. The Morgan fingerprint density at radius 2 is 2.11 bits per heavy atom. The van der Waals surface area contributed by atoms with Gasteiger partial charge in [0.05, 0.1) is 10.6 Å². The van der Waals surface area contributed by atoms with Crippen molar-refractivity contribution < 1.29 is 13.2 Å². The lowest BCUT2D eigenvalue weighted by Crippen LogP contribution is -2.32. The van der Waals surface area contributed by atoms with Crippen molar-refractivity contribution in [1.82, 2.24) is 5.32 Å². The Balaban J connectivity index is 2.08. The molecule has 1 amide bonds. The molecule has 6 heteroatoms. The van der Waals surface area contributed by atoms with Crippen molar-refractivity contribution >= 4 is 21.4 Å². The summed E-state index contributed by atoms with van der Waals surface area (Å²) >= 11 is 0. The standard InChI is InChI=1S/C12H16N2O3S/c1-18(16,17)11-5-3-2-4-10(11)13-8-9-6-7-12(15)14-9/h2-5,9,13H,6-8H2,1H3,(H,14,15). The maximum atomic E-state index is 11.6. The van der Waals surface area contributed by atoms with Crippen molar-refractivity contribution in [3.8, 4) is 0 Å². The number of carbonyl (C=O) groups is 1. The van der Waals surface area contributed by atoms with E-state index in [1.54, 1.807) is 24.3 Å². The van der Waals surface area contributed by atoms with Crippen molar-refractivity contribution in [3.05, 3.63) is 24.3 Å². The lowest BCUT2D eigenvalue weighted by molar-refractivity contribution is -0.119. The zero-order valence-corrected chi connectivity index (χ0v) is 11.0. The fourth-order valence-electron chi connectivity index (χ4n) is 2.00. The number of nitrogens with one attached hydrogen (secondary N) is 2. The van der Waals surface area contributed by atoms with E-state index >= 15 is 0 Å². The lowest BCUT2D eigenvalue weighted by Gasteiger charge is -2.14. The van der Waals surface area contributed by atoms with Gasteiger partial charge in [0, 0.05) is 25.3 Å². The third kappa shape index (κ3) is 3.01. The number of anilines is 1. The molecular weight excluding hydrogens is 252 g/mol. The van der Waals surface area contributed by atoms with Crippen LogP contribution in [0.2, 0.25) is 0 Å². The predicted octanol–water partition coefficient (Wildman–Crippen LogP) is 0.781. The molecular formula is C12H16N2O3S. The molecule has 18 heavy (non-hydrogen) atoms. The van der Waals surface area contributed by atoms with Crippen LogP contribution in [-0.4, -0.2) is 33.2 Å². The van der Waals surface area contributed by atoms with E-state index in [0.717, 1.165) is 6.42 Å². The van der Waals surface area contributed by atoms with Gasteiger partial charge in [-0.15, -0.1) is 0 Å². The SMILES string of the molecule is CS(=O)(=O)c1ccccc1NCC1CCC(=O)N1. The summed E-state index contributed by atoms with van der Waals surface area (Å²) in [6.45, 7) is 0.540. The number of para-hydroxylation sites is 1. The minimum Gasteiger partial charge on any atom is -0.382 e. The van der Waals surface area contributed by atoms with Gasteiger partial charge in [0.15, 0.2) is 9.84 Å². The van der Waals surface area contributed by atoms with Gasteiger partial charge in [-0.1, -0.05) is 12.1 Å². The summed E-state index contributed by atoms with van der Waals surface area (Å²) < 4.78 is 23.2. The van der Waals surface area contributed by atoms with Gasteiger partial charge in [0.2, 0.25) is 5.91 Å². The Morgan fingerprint density at radius 1 is 1.39 bits per heavy atom. The Kier molecular flexibility index (Phi) is 3.56. The van der Waals surface area contributed by atoms with Crippen LogP contribution in [0.4, 0.5) is 5.69 Å². The second-order valence-electron chi connectivity index (χ2n) is 4.45. The van der Waals surface area contributed by atoms with Gasteiger partial charge in [-0.3, -0.25) is 4.79 Å². The lowest BCUT2D eigenvalue weighted by atomic mass is 10.2. The van der Waals surface area contributed by atoms with Gasteiger partial charge in [-0.25, -0.2) is 8.42 Å². The number of hydrogen-bond acceptors (Lipinski definition) is 4. The van der Waals surface area contributed by atoms with Gasteiger partial charge in [-0.05, 0) is 18.6 Å². The molecule has 1 atom stereocenters. The summed E-state index contributed by atoms with van der Waals surface area (Å²) in [5.74, 6) is 0.0539. The summed E-state index contributed by atoms with van der Waals surface area (Å²) in [4.78, 5) is 11.3. The van der Waals surface area contributed by atoms with E-state index in [9.17, 15) is 13.2 Å². The number of rotatable bonds is 4. The predicted molar refractivity (Wildman–Crippen MR) is 69.2 cm³/mol. The van der Waals surface area contributed by atoms with Crippen LogP contribution in [0, 0.1) is 0 Å². The molecule has 1 unspecified atom stereocenters. The largest absolute Gasteiger partial charge is 0.382 e. The van der Waals surface area contributed by atoms with E-state index < -0.39 is 9.84 Å². The molecule has 0 saturated carbocycles. The molecule has 0 radical (unpaired) electrons. The van der Waals surface area contributed by atoms with Crippen LogP contribution in [0.1, 0.15) is 12.8 Å². The minimum absolute atomic E-state index is 0.0539. The third-order valence-corrected chi connectivity index (χ3v) is 4.07. The smallest absolute Gasteiger partial charge is 0.220 e. The number of hydrogen-bond donors (Lipinski definition) is 2. The summed E-state index contributed by atoms with van der Waals surface area (Å²) in [5, 5.41) is 5.92. The van der Waals surface area contributed by atoms with Gasteiger partial charge >= 0.3 is 0 Å². The minimum atomic E-state index is -3.24. The van der Waals surface area contributed by atoms with Crippen LogP contribution in [0.3, 0.4) is 0 Å². The third-order valence-electron chi connectivity index (χ3n) is 2.91. The molecule has 1 aromatic carbocycles. The molecule has 0 aliphatic carbocycles. The van der Waals surface area contributed by atoms with Crippen LogP contribution in [0.25, 0.3) is 0 Å². The van der Waals surface area contributed by atoms with Crippen molar-refractivity contribution in [2.24, 2.45) is 0 Å². The van der Waals surface area contributed by atoms with Gasteiger partial charge < -0.3 is 10.6 Å². The van der Waals surface area contributed by atoms with Crippen molar-refractivity contribution in [2.45, 2.75) is 23.8 Å². The molecule has 98 valence electrons.